The first kappa shape index (κ1) is 49.1. The van der Waals surface area contributed by atoms with Crippen LogP contribution in [-0.4, -0.2) is 44.8 Å². The molecule has 0 spiro atoms. The molecule has 0 aromatic heterocycles. The monoisotopic (exact) mass is 759 g/mol. The molecule has 0 amide bonds. The zero-order chi connectivity index (χ0) is 41.4. The molecule has 3 aliphatic rings. The maximum Gasteiger partial charge on any atom is 0.308 e. The van der Waals surface area contributed by atoms with Crippen molar-refractivity contribution in [3.63, 3.8) is 0 Å². The second-order valence-electron chi connectivity index (χ2n) is 17.8. The third-order valence-electron chi connectivity index (χ3n) is 13.2. The molecule has 8 nitrogen and oxygen atoms in total. The summed E-state index contributed by atoms with van der Waals surface area (Å²) >= 11 is 0. The van der Waals surface area contributed by atoms with Gasteiger partial charge in [0.2, 0.25) is 0 Å². The Labute approximate surface area is 329 Å². The van der Waals surface area contributed by atoms with E-state index in [9.17, 15) is 14.4 Å². The highest BCUT2D eigenvalue weighted by Crippen LogP contribution is 2.52. The van der Waals surface area contributed by atoms with Crippen LogP contribution in [-0.2, 0) is 38.4 Å². The molecule has 3 fully saturated rings. The van der Waals surface area contributed by atoms with Gasteiger partial charge in [-0.3, -0.25) is 14.4 Å². The van der Waals surface area contributed by atoms with Crippen molar-refractivity contribution in [2.24, 2.45) is 57.7 Å². The first-order valence-corrected chi connectivity index (χ1v) is 20.5. The summed E-state index contributed by atoms with van der Waals surface area (Å²) in [5, 5.41) is 0. The standard InChI is InChI=1S/C19H32O4.C14H24O2.C13H22O2/c1-7-15(3)18(20)22-13-17-11-16(19(17,4)5)10-8-9-14(2)12-23-21-6;1-6-10(3)13(15)16-9-12-8-11(7-2)14(12,4)5;1-6-9(2)12(14)15-8-11-7-10(3)13(11,4)5/h10,12,15,17H,7-9,11,13H2,1-6H3;7,10-12H,2,6,8-9H2,1,3-5H3;9,11H,3,6-8H2,1-2,4-5H3/b14-12+,16-10?;;. The quantitative estimate of drug-likeness (QED) is 0.0340. The predicted molar refractivity (Wildman–Crippen MR) is 219 cm³/mol. The van der Waals surface area contributed by atoms with Crippen LogP contribution in [0.15, 0.2) is 48.3 Å². The van der Waals surface area contributed by atoms with Gasteiger partial charge in [-0.15, -0.1) is 6.58 Å². The minimum atomic E-state index is -0.0698. The van der Waals surface area contributed by atoms with Crippen LogP contribution in [0.4, 0.5) is 0 Å². The molecule has 0 aromatic carbocycles. The van der Waals surface area contributed by atoms with E-state index in [0.29, 0.717) is 43.5 Å². The fourth-order valence-electron chi connectivity index (χ4n) is 6.65. The first-order valence-electron chi connectivity index (χ1n) is 20.5. The number of hydrogen-bond acceptors (Lipinski definition) is 8. The smallest absolute Gasteiger partial charge is 0.308 e. The van der Waals surface area contributed by atoms with Crippen LogP contribution in [0.3, 0.4) is 0 Å². The number of carbonyl (C=O) groups is 3. The largest absolute Gasteiger partial charge is 0.465 e. The van der Waals surface area contributed by atoms with Gasteiger partial charge in [0.1, 0.15) is 6.26 Å². The summed E-state index contributed by atoms with van der Waals surface area (Å²) in [4.78, 5) is 44.1. The number of rotatable bonds is 18. The van der Waals surface area contributed by atoms with Crippen LogP contribution in [0.2, 0.25) is 0 Å². The van der Waals surface area contributed by atoms with Crippen molar-refractivity contribution in [3.05, 3.63) is 48.3 Å². The van der Waals surface area contributed by atoms with Crippen molar-refractivity contribution >= 4 is 17.9 Å². The normalized spacial score (nSPS) is 25.6. The van der Waals surface area contributed by atoms with Crippen molar-refractivity contribution in [3.8, 4) is 0 Å². The SMILES string of the molecule is C=C1CC(COC(=O)C(C)CC)C1(C)C.C=CC1CC(COC(=O)C(C)CC)C1(C)C.CCC(C)C(=O)OCC1CC(=CCC/C(C)=C/OOC)C1(C)C. The topological polar surface area (TPSA) is 97.4 Å². The highest BCUT2D eigenvalue weighted by Gasteiger charge is 2.47. The minimum absolute atomic E-state index is 0.00252. The number of carbonyl (C=O) groups excluding carboxylic acids is 3. The first-order chi connectivity index (χ1) is 25.1. The summed E-state index contributed by atoms with van der Waals surface area (Å²) in [6.07, 6.45) is 13.6. The lowest BCUT2D eigenvalue weighted by atomic mass is 9.55. The highest BCUT2D eigenvalue weighted by molar-refractivity contribution is 5.72. The molecule has 7 unspecified atom stereocenters. The van der Waals surface area contributed by atoms with E-state index in [4.69, 9.17) is 19.1 Å². The zero-order valence-electron chi connectivity index (χ0n) is 36.7. The Hall–Kier alpha value is -2.87. The minimum Gasteiger partial charge on any atom is -0.465 e. The van der Waals surface area contributed by atoms with Crippen LogP contribution >= 0.6 is 0 Å². The van der Waals surface area contributed by atoms with Gasteiger partial charge in [-0.2, -0.15) is 4.89 Å². The van der Waals surface area contributed by atoms with E-state index < -0.39 is 0 Å². The molecule has 7 atom stereocenters. The van der Waals surface area contributed by atoms with E-state index in [1.807, 2.05) is 54.5 Å². The molecule has 3 saturated carbocycles. The molecule has 0 radical (unpaired) electrons. The summed E-state index contributed by atoms with van der Waals surface area (Å²) in [5.74, 6) is 1.80. The maximum absolute atomic E-state index is 11.8. The Morgan fingerprint density at radius 2 is 1.20 bits per heavy atom. The lowest BCUT2D eigenvalue weighted by molar-refractivity contribution is -0.223. The molecular formula is C46H78O8. The molecule has 54 heavy (non-hydrogen) atoms. The van der Waals surface area contributed by atoms with Crippen molar-refractivity contribution in [1.29, 1.82) is 0 Å². The Morgan fingerprint density at radius 3 is 1.56 bits per heavy atom. The fraction of sp³-hybridized carbons (Fsp3) is 0.761. The Kier molecular flexibility index (Phi) is 20.6. The Balaban J connectivity index is 0.000000418. The van der Waals surface area contributed by atoms with Gasteiger partial charge in [-0.1, -0.05) is 113 Å². The van der Waals surface area contributed by atoms with Crippen LogP contribution in [0.1, 0.15) is 141 Å². The van der Waals surface area contributed by atoms with Crippen LogP contribution in [0, 0.1) is 57.7 Å². The zero-order valence-corrected chi connectivity index (χ0v) is 36.7. The summed E-state index contributed by atoms with van der Waals surface area (Å²) < 4.78 is 16.1. The summed E-state index contributed by atoms with van der Waals surface area (Å²) in [6.45, 7) is 36.6. The molecule has 3 aliphatic carbocycles. The number of allylic oxidation sites excluding steroid dienone is 5. The third kappa shape index (κ3) is 14.0. The molecule has 0 bridgehead atoms. The lowest BCUT2D eigenvalue weighted by Crippen LogP contribution is -2.46. The molecule has 0 heterocycles. The molecule has 0 saturated heterocycles. The average molecular weight is 759 g/mol. The number of hydrogen-bond donors (Lipinski definition) is 0. The maximum atomic E-state index is 11.8. The van der Waals surface area contributed by atoms with Gasteiger partial charge in [-0.05, 0) is 91.9 Å². The van der Waals surface area contributed by atoms with Crippen LogP contribution < -0.4 is 0 Å². The van der Waals surface area contributed by atoms with E-state index in [2.05, 4.69) is 65.7 Å². The summed E-state index contributed by atoms with van der Waals surface area (Å²) in [5.41, 5.74) is 4.39. The van der Waals surface area contributed by atoms with E-state index >= 15 is 0 Å². The van der Waals surface area contributed by atoms with Gasteiger partial charge in [0.05, 0.1) is 44.7 Å². The van der Waals surface area contributed by atoms with Gasteiger partial charge in [0.25, 0.3) is 0 Å². The molecule has 0 aromatic rings. The Morgan fingerprint density at radius 1 is 0.759 bits per heavy atom. The molecule has 3 rings (SSSR count). The van der Waals surface area contributed by atoms with E-state index in [1.54, 1.807) is 6.26 Å². The third-order valence-corrected chi connectivity index (χ3v) is 13.2. The second kappa shape index (κ2) is 22.6. The summed E-state index contributed by atoms with van der Waals surface area (Å²) in [7, 11) is 1.50. The second-order valence-corrected chi connectivity index (χ2v) is 17.8. The van der Waals surface area contributed by atoms with Gasteiger partial charge < -0.3 is 19.1 Å². The average Bonchev–Trinajstić information content (AvgIpc) is 3.14. The predicted octanol–water partition coefficient (Wildman–Crippen LogP) is 11.4. The highest BCUT2D eigenvalue weighted by atomic mass is 17.2. The van der Waals surface area contributed by atoms with Gasteiger partial charge >= 0.3 is 17.9 Å². The molecule has 0 aliphatic heterocycles. The molecule has 8 heteroatoms. The van der Waals surface area contributed by atoms with E-state index in [-0.39, 0.29) is 51.9 Å². The fourth-order valence-corrected chi connectivity index (χ4v) is 6.65. The molecular weight excluding hydrogens is 680 g/mol. The van der Waals surface area contributed by atoms with Gasteiger partial charge in [0.15, 0.2) is 0 Å². The van der Waals surface area contributed by atoms with Crippen molar-refractivity contribution < 1.29 is 38.4 Å². The van der Waals surface area contributed by atoms with Crippen LogP contribution in [0.25, 0.3) is 0 Å². The van der Waals surface area contributed by atoms with Crippen molar-refractivity contribution in [2.75, 3.05) is 26.9 Å². The lowest BCUT2D eigenvalue weighted by Gasteiger charge is -2.50. The Bertz CT molecular complexity index is 1290. The van der Waals surface area contributed by atoms with Crippen LogP contribution in [0.5, 0.6) is 0 Å². The summed E-state index contributed by atoms with van der Waals surface area (Å²) in [6, 6.07) is 0. The van der Waals surface area contributed by atoms with Crippen molar-refractivity contribution in [2.45, 2.75) is 141 Å². The number of esters is 3. The van der Waals surface area contributed by atoms with Gasteiger partial charge in [-0.25, -0.2) is 0 Å². The van der Waals surface area contributed by atoms with E-state index in [0.717, 1.165) is 56.9 Å². The van der Waals surface area contributed by atoms with Gasteiger partial charge in [0, 0.05) is 11.8 Å². The van der Waals surface area contributed by atoms with E-state index in [1.165, 1.54) is 18.3 Å². The number of ether oxygens (including phenoxy) is 3. The molecule has 0 N–H and O–H groups in total. The van der Waals surface area contributed by atoms with Crippen molar-refractivity contribution in [1.82, 2.24) is 0 Å². The molecule has 310 valence electrons.